The maximum atomic E-state index is 12.6. The molecule has 0 atom stereocenters. The second-order valence-electron chi connectivity index (χ2n) is 8.92. The van der Waals surface area contributed by atoms with Gasteiger partial charge in [-0.15, -0.1) is 0 Å². The Labute approximate surface area is 218 Å². The molecule has 3 amide bonds. The van der Waals surface area contributed by atoms with Gasteiger partial charge in [0.15, 0.2) is 0 Å². The van der Waals surface area contributed by atoms with Crippen LogP contribution in [0.3, 0.4) is 0 Å². The number of hydrogen-bond acceptors (Lipinski definition) is 6. The Bertz CT molecular complexity index is 1190. The van der Waals surface area contributed by atoms with E-state index in [-0.39, 0.29) is 6.03 Å². The summed E-state index contributed by atoms with van der Waals surface area (Å²) in [5.74, 6) is 0.0784. The fourth-order valence-electron chi connectivity index (χ4n) is 4.41. The van der Waals surface area contributed by atoms with Gasteiger partial charge < -0.3 is 31.1 Å². The number of carbonyl (C=O) groups is 2. The number of pyridine rings is 1. The van der Waals surface area contributed by atoms with E-state index >= 15 is 0 Å². The van der Waals surface area contributed by atoms with Crippen molar-refractivity contribution in [2.75, 3.05) is 54.8 Å². The molecule has 1 aliphatic heterocycles. The van der Waals surface area contributed by atoms with Crippen molar-refractivity contribution in [3.63, 3.8) is 0 Å². The number of nitrogens with two attached hydrogens (primary N) is 1. The van der Waals surface area contributed by atoms with Crippen LogP contribution < -0.4 is 21.3 Å². The summed E-state index contributed by atoms with van der Waals surface area (Å²) < 4.78 is 0. The zero-order valence-electron chi connectivity index (χ0n) is 21.5. The maximum absolute atomic E-state index is 12.6. The summed E-state index contributed by atoms with van der Waals surface area (Å²) in [6.07, 6.45) is 1.49. The molecule has 0 aliphatic carbocycles. The summed E-state index contributed by atoms with van der Waals surface area (Å²) in [6.45, 7) is 9.07. The number of carbonyl (C=O) groups excluding carboxylic acids is 2. The fourth-order valence-corrected chi connectivity index (χ4v) is 4.41. The third-order valence-corrected chi connectivity index (χ3v) is 6.58. The summed E-state index contributed by atoms with van der Waals surface area (Å²) in [5.41, 5.74) is 9.62. The summed E-state index contributed by atoms with van der Waals surface area (Å²) in [7, 11) is 0. The van der Waals surface area contributed by atoms with Gasteiger partial charge in [0.2, 0.25) is 0 Å². The van der Waals surface area contributed by atoms with E-state index in [0.717, 1.165) is 43.1 Å². The fraction of sp³-hybridized carbons (Fsp3) is 0.321. The molecule has 37 heavy (non-hydrogen) atoms. The molecule has 0 radical (unpaired) electrons. The van der Waals surface area contributed by atoms with Crippen molar-refractivity contribution < 1.29 is 9.59 Å². The summed E-state index contributed by atoms with van der Waals surface area (Å²) in [4.78, 5) is 35.0. The Balaban J connectivity index is 1.38. The third kappa shape index (κ3) is 6.49. The van der Waals surface area contributed by atoms with Crippen molar-refractivity contribution in [2.45, 2.75) is 20.4 Å². The Kier molecular flexibility index (Phi) is 8.45. The predicted molar refractivity (Wildman–Crippen MR) is 148 cm³/mol. The normalized spacial score (nSPS) is 13.2. The van der Waals surface area contributed by atoms with Gasteiger partial charge in [-0.3, -0.25) is 4.79 Å². The smallest absolute Gasteiger partial charge is 0.320 e. The number of urea groups is 1. The van der Waals surface area contributed by atoms with Crippen molar-refractivity contribution >= 4 is 34.8 Å². The molecule has 0 unspecified atom stereocenters. The first-order chi connectivity index (χ1) is 18.0. The third-order valence-electron chi connectivity index (χ3n) is 6.58. The summed E-state index contributed by atoms with van der Waals surface area (Å²) >= 11 is 0. The zero-order chi connectivity index (χ0) is 26.2. The molecule has 194 valence electrons. The van der Waals surface area contributed by atoms with Gasteiger partial charge in [0.1, 0.15) is 5.82 Å². The van der Waals surface area contributed by atoms with Gasteiger partial charge in [-0.25, -0.2) is 9.78 Å². The number of rotatable bonds is 9. The van der Waals surface area contributed by atoms with Crippen LogP contribution in [0.5, 0.6) is 0 Å². The lowest BCUT2D eigenvalue weighted by molar-refractivity contribution is 0.100. The van der Waals surface area contributed by atoms with Crippen molar-refractivity contribution in [2.24, 2.45) is 5.73 Å². The van der Waals surface area contributed by atoms with Crippen molar-refractivity contribution in [3.8, 4) is 0 Å². The Morgan fingerprint density at radius 1 is 0.973 bits per heavy atom. The largest absolute Gasteiger partial charge is 0.380 e. The molecule has 0 saturated carbocycles. The van der Waals surface area contributed by atoms with Crippen molar-refractivity contribution in [3.05, 3.63) is 78.0 Å². The molecule has 2 heterocycles. The SMILES string of the molecule is CCN(CC)C(=O)N1CCN(c2ccc(Nc3cc(NCc4ccccc4)c(C(N)=O)cn3)cc2)CC1. The molecule has 4 rings (SSSR count). The van der Waals surface area contributed by atoms with Crippen molar-refractivity contribution in [1.82, 2.24) is 14.8 Å². The minimum Gasteiger partial charge on any atom is -0.380 e. The Hall–Kier alpha value is -4.27. The van der Waals surface area contributed by atoms with Crippen LogP contribution in [-0.2, 0) is 6.54 Å². The van der Waals surface area contributed by atoms with Crippen LogP contribution in [-0.4, -0.2) is 66.0 Å². The molecule has 9 heteroatoms. The second kappa shape index (κ2) is 12.1. The monoisotopic (exact) mass is 501 g/mol. The van der Waals surface area contributed by atoms with E-state index in [1.165, 1.54) is 6.20 Å². The highest BCUT2D eigenvalue weighted by atomic mass is 16.2. The second-order valence-corrected chi connectivity index (χ2v) is 8.92. The van der Waals surface area contributed by atoms with E-state index in [1.807, 2.05) is 66.1 Å². The van der Waals surface area contributed by atoms with E-state index in [0.29, 0.717) is 36.7 Å². The topological polar surface area (TPSA) is 107 Å². The van der Waals surface area contributed by atoms with Crippen LogP contribution in [0.4, 0.5) is 27.7 Å². The number of anilines is 4. The van der Waals surface area contributed by atoms with Crippen LogP contribution in [0.15, 0.2) is 66.9 Å². The van der Waals surface area contributed by atoms with Gasteiger partial charge in [0.05, 0.1) is 11.3 Å². The number of hydrogen-bond donors (Lipinski definition) is 3. The van der Waals surface area contributed by atoms with E-state index in [1.54, 1.807) is 6.07 Å². The van der Waals surface area contributed by atoms with E-state index < -0.39 is 5.91 Å². The van der Waals surface area contributed by atoms with E-state index in [4.69, 9.17) is 5.73 Å². The molecule has 0 bridgehead atoms. The standard InChI is InChI=1S/C28H35N7O2/c1-3-33(4-2)28(37)35-16-14-34(15-17-35)23-12-10-22(11-13-23)32-26-18-25(24(20-31-26)27(29)36)30-19-21-8-6-5-7-9-21/h5-13,18,20H,3-4,14-17,19H2,1-2H3,(H2,29,36)(H2,30,31,32). The molecular weight excluding hydrogens is 466 g/mol. The van der Waals surface area contributed by atoms with Crippen molar-refractivity contribution in [1.29, 1.82) is 0 Å². The predicted octanol–water partition coefficient (Wildman–Crippen LogP) is 4.12. The lowest BCUT2D eigenvalue weighted by atomic mass is 10.2. The first-order valence-corrected chi connectivity index (χ1v) is 12.7. The van der Waals surface area contributed by atoms with Gasteiger partial charge in [-0.05, 0) is 43.7 Å². The number of aromatic nitrogens is 1. The van der Waals surface area contributed by atoms with E-state index in [2.05, 4.69) is 32.7 Å². The van der Waals surface area contributed by atoms with Gasteiger partial charge in [0.25, 0.3) is 5.91 Å². The highest BCUT2D eigenvalue weighted by Gasteiger charge is 2.24. The van der Waals surface area contributed by atoms with Crippen LogP contribution in [0.2, 0.25) is 0 Å². The molecule has 0 spiro atoms. The Morgan fingerprint density at radius 3 is 2.27 bits per heavy atom. The molecule has 3 aromatic rings. The molecule has 1 aromatic heterocycles. The molecule has 2 aromatic carbocycles. The minimum atomic E-state index is -0.530. The number of amides is 3. The first kappa shape index (κ1) is 25.8. The highest BCUT2D eigenvalue weighted by molar-refractivity contribution is 5.98. The van der Waals surface area contributed by atoms with Gasteiger partial charge >= 0.3 is 6.03 Å². The molecule has 4 N–H and O–H groups in total. The van der Waals surface area contributed by atoms with Gasteiger partial charge in [0, 0.05) is 69.5 Å². The lowest BCUT2D eigenvalue weighted by Gasteiger charge is -2.38. The number of benzene rings is 2. The lowest BCUT2D eigenvalue weighted by Crippen LogP contribution is -2.52. The van der Waals surface area contributed by atoms with E-state index in [9.17, 15) is 9.59 Å². The molecule has 1 fully saturated rings. The van der Waals surface area contributed by atoms with Crippen LogP contribution in [0.25, 0.3) is 0 Å². The highest BCUT2D eigenvalue weighted by Crippen LogP contribution is 2.25. The average molecular weight is 502 g/mol. The number of nitrogens with zero attached hydrogens (tertiary/aromatic N) is 4. The molecule has 9 nitrogen and oxygen atoms in total. The molecule has 1 saturated heterocycles. The number of primary amides is 1. The number of piperazine rings is 1. The maximum Gasteiger partial charge on any atom is 0.320 e. The summed E-state index contributed by atoms with van der Waals surface area (Å²) in [5, 5.41) is 6.60. The number of nitrogens with one attached hydrogen (secondary N) is 2. The summed E-state index contributed by atoms with van der Waals surface area (Å²) in [6, 6.07) is 20.0. The van der Waals surface area contributed by atoms with Crippen LogP contribution in [0, 0.1) is 0 Å². The van der Waals surface area contributed by atoms with Gasteiger partial charge in [-0.2, -0.15) is 0 Å². The zero-order valence-corrected chi connectivity index (χ0v) is 21.5. The minimum absolute atomic E-state index is 0.122. The molecular formula is C28H35N7O2. The average Bonchev–Trinajstić information content (AvgIpc) is 2.93. The quantitative estimate of drug-likeness (QED) is 0.407. The van der Waals surface area contributed by atoms with Gasteiger partial charge in [-0.1, -0.05) is 30.3 Å². The first-order valence-electron chi connectivity index (χ1n) is 12.7. The Morgan fingerprint density at radius 2 is 1.65 bits per heavy atom. The van der Waals surface area contributed by atoms with Crippen LogP contribution >= 0.6 is 0 Å². The molecule has 1 aliphatic rings. The van der Waals surface area contributed by atoms with Crippen LogP contribution in [0.1, 0.15) is 29.8 Å².